The van der Waals surface area contributed by atoms with Gasteiger partial charge in [-0.2, -0.15) is 0 Å². The maximum absolute atomic E-state index is 9.51. The van der Waals surface area contributed by atoms with E-state index in [0.717, 1.165) is 43.0 Å². The number of anilines is 2. The molecule has 1 aliphatic rings. The number of hydrogen-bond donors (Lipinski definition) is 3. The van der Waals surface area contributed by atoms with E-state index in [2.05, 4.69) is 34.4 Å². The highest BCUT2D eigenvalue weighted by molar-refractivity contribution is 5.58. The van der Waals surface area contributed by atoms with Crippen molar-refractivity contribution in [3.63, 3.8) is 0 Å². The first-order chi connectivity index (χ1) is 8.74. The summed E-state index contributed by atoms with van der Waals surface area (Å²) in [5, 5.41) is 16.2. The molecule has 1 aromatic heterocycles. The molecule has 0 radical (unpaired) electrons. The molecule has 1 aliphatic carbocycles. The molecule has 0 atom stereocenters. The molecule has 1 fully saturated rings. The van der Waals surface area contributed by atoms with Gasteiger partial charge in [0, 0.05) is 12.1 Å². The predicted octanol–water partition coefficient (Wildman–Crippen LogP) is 1.80. The van der Waals surface area contributed by atoms with Gasteiger partial charge in [-0.3, -0.25) is 0 Å². The Morgan fingerprint density at radius 1 is 1.28 bits per heavy atom. The fourth-order valence-corrected chi connectivity index (χ4v) is 2.35. The van der Waals surface area contributed by atoms with Gasteiger partial charge in [0.25, 0.3) is 0 Å². The van der Waals surface area contributed by atoms with Gasteiger partial charge in [0.15, 0.2) is 0 Å². The molecule has 0 unspecified atom stereocenters. The van der Waals surface area contributed by atoms with Gasteiger partial charge in [0.1, 0.15) is 18.0 Å². The normalized spacial score (nSPS) is 17.1. The number of aliphatic hydroxyl groups excluding tert-OH is 1. The van der Waals surface area contributed by atoms with Crippen molar-refractivity contribution < 1.29 is 5.11 Å². The van der Waals surface area contributed by atoms with E-state index in [-0.39, 0.29) is 12.1 Å². The quantitative estimate of drug-likeness (QED) is 0.718. The van der Waals surface area contributed by atoms with E-state index in [9.17, 15) is 5.11 Å². The lowest BCUT2D eigenvalue weighted by atomic mass is 9.77. The molecular formula is C13H22N4O. The molecule has 2 rings (SSSR count). The molecule has 1 heterocycles. The standard InChI is InChI=1S/C13H22N4O/c1-3-10-11(14-4-2)15-9-16-12(10)17-13(8-18)6-5-7-13/h9,18H,3-8H2,1-2H3,(H2,14,15,16,17). The number of rotatable bonds is 6. The Kier molecular flexibility index (Phi) is 4.01. The molecule has 0 spiro atoms. The summed E-state index contributed by atoms with van der Waals surface area (Å²) in [6.45, 7) is 5.15. The van der Waals surface area contributed by atoms with Gasteiger partial charge in [0.2, 0.25) is 0 Å². The van der Waals surface area contributed by atoms with E-state index in [0.29, 0.717) is 0 Å². The summed E-state index contributed by atoms with van der Waals surface area (Å²) in [6.07, 6.45) is 5.62. The van der Waals surface area contributed by atoms with Crippen LogP contribution in [0.2, 0.25) is 0 Å². The first kappa shape index (κ1) is 13.1. The summed E-state index contributed by atoms with van der Waals surface area (Å²) in [4.78, 5) is 8.61. The molecule has 3 N–H and O–H groups in total. The Hall–Kier alpha value is -1.36. The van der Waals surface area contributed by atoms with Gasteiger partial charge in [0.05, 0.1) is 12.1 Å². The third-order valence-electron chi connectivity index (χ3n) is 3.64. The van der Waals surface area contributed by atoms with E-state index in [4.69, 9.17) is 0 Å². The lowest BCUT2D eigenvalue weighted by Gasteiger charge is -2.41. The minimum Gasteiger partial charge on any atom is -0.394 e. The van der Waals surface area contributed by atoms with Crippen LogP contribution in [0.4, 0.5) is 11.6 Å². The fourth-order valence-electron chi connectivity index (χ4n) is 2.35. The van der Waals surface area contributed by atoms with Crippen molar-refractivity contribution in [1.82, 2.24) is 9.97 Å². The minimum atomic E-state index is -0.165. The first-order valence-electron chi connectivity index (χ1n) is 6.71. The van der Waals surface area contributed by atoms with E-state index < -0.39 is 0 Å². The summed E-state index contributed by atoms with van der Waals surface area (Å²) >= 11 is 0. The topological polar surface area (TPSA) is 70.1 Å². The summed E-state index contributed by atoms with van der Waals surface area (Å²) in [5.74, 6) is 1.75. The molecule has 100 valence electrons. The number of nitrogens with zero attached hydrogens (tertiary/aromatic N) is 2. The SMILES string of the molecule is CCNc1ncnc(NC2(CO)CCC2)c1CC. The number of aliphatic hydroxyl groups is 1. The van der Waals surface area contributed by atoms with Crippen molar-refractivity contribution in [1.29, 1.82) is 0 Å². The van der Waals surface area contributed by atoms with E-state index in [1.165, 1.54) is 6.42 Å². The largest absolute Gasteiger partial charge is 0.394 e. The number of aromatic nitrogens is 2. The Labute approximate surface area is 108 Å². The lowest BCUT2D eigenvalue weighted by Crippen LogP contribution is -2.48. The molecule has 0 aliphatic heterocycles. The smallest absolute Gasteiger partial charge is 0.135 e. The second-order valence-corrected chi connectivity index (χ2v) is 4.85. The highest BCUT2D eigenvalue weighted by atomic mass is 16.3. The Morgan fingerprint density at radius 2 is 2.00 bits per heavy atom. The van der Waals surface area contributed by atoms with Gasteiger partial charge >= 0.3 is 0 Å². The zero-order valence-electron chi connectivity index (χ0n) is 11.2. The lowest BCUT2D eigenvalue weighted by molar-refractivity contribution is 0.143. The van der Waals surface area contributed by atoms with Crippen molar-refractivity contribution in [3.05, 3.63) is 11.9 Å². The van der Waals surface area contributed by atoms with Crippen LogP contribution >= 0.6 is 0 Å². The van der Waals surface area contributed by atoms with Crippen molar-refractivity contribution in [2.75, 3.05) is 23.8 Å². The molecule has 0 amide bonds. The van der Waals surface area contributed by atoms with Gasteiger partial charge < -0.3 is 15.7 Å². The highest BCUT2D eigenvalue weighted by Crippen LogP contribution is 2.35. The second-order valence-electron chi connectivity index (χ2n) is 4.85. The average Bonchev–Trinajstić information content (AvgIpc) is 2.34. The summed E-state index contributed by atoms with van der Waals surface area (Å²) in [7, 11) is 0. The Morgan fingerprint density at radius 3 is 2.50 bits per heavy atom. The number of nitrogens with one attached hydrogen (secondary N) is 2. The van der Waals surface area contributed by atoms with E-state index in [1.54, 1.807) is 6.33 Å². The summed E-state index contributed by atoms with van der Waals surface area (Å²) in [5.41, 5.74) is 0.931. The first-order valence-corrected chi connectivity index (χ1v) is 6.71. The van der Waals surface area contributed by atoms with Crippen LogP contribution in [-0.2, 0) is 6.42 Å². The van der Waals surface area contributed by atoms with E-state index in [1.807, 2.05) is 0 Å². The van der Waals surface area contributed by atoms with Gasteiger partial charge in [-0.25, -0.2) is 9.97 Å². The minimum absolute atomic E-state index is 0.163. The maximum atomic E-state index is 9.51. The van der Waals surface area contributed by atoms with Crippen LogP contribution in [0, 0.1) is 0 Å². The van der Waals surface area contributed by atoms with Crippen LogP contribution in [-0.4, -0.2) is 33.8 Å². The summed E-state index contributed by atoms with van der Waals surface area (Å²) in [6, 6.07) is 0. The van der Waals surface area contributed by atoms with Gasteiger partial charge in [-0.1, -0.05) is 6.92 Å². The fraction of sp³-hybridized carbons (Fsp3) is 0.692. The van der Waals surface area contributed by atoms with Crippen molar-refractivity contribution >= 4 is 11.6 Å². The predicted molar refractivity (Wildman–Crippen MR) is 72.9 cm³/mol. The van der Waals surface area contributed by atoms with Gasteiger partial charge in [-0.15, -0.1) is 0 Å². The summed E-state index contributed by atoms with van der Waals surface area (Å²) < 4.78 is 0. The molecule has 5 heteroatoms. The molecule has 18 heavy (non-hydrogen) atoms. The van der Waals surface area contributed by atoms with Crippen LogP contribution in [0.3, 0.4) is 0 Å². The van der Waals surface area contributed by atoms with Crippen LogP contribution in [0.15, 0.2) is 6.33 Å². The van der Waals surface area contributed by atoms with Crippen LogP contribution < -0.4 is 10.6 Å². The third kappa shape index (κ3) is 2.41. The molecule has 5 nitrogen and oxygen atoms in total. The Bertz CT molecular complexity index is 398. The molecule has 0 saturated heterocycles. The monoisotopic (exact) mass is 250 g/mol. The molecular weight excluding hydrogens is 228 g/mol. The molecule has 1 aromatic rings. The van der Waals surface area contributed by atoms with Crippen molar-refractivity contribution in [3.8, 4) is 0 Å². The van der Waals surface area contributed by atoms with E-state index >= 15 is 0 Å². The highest BCUT2D eigenvalue weighted by Gasteiger charge is 2.37. The molecule has 0 bridgehead atoms. The second kappa shape index (κ2) is 5.52. The van der Waals surface area contributed by atoms with Crippen LogP contribution in [0.25, 0.3) is 0 Å². The van der Waals surface area contributed by atoms with Crippen molar-refractivity contribution in [2.45, 2.75) is 45.1 Å². The molecule has 1 saturated carbocycles. The molecule has 0 aromatic carbocycles. The van der Waals surface area contributed by atoms with Crippen molar-refractivity contribution in [2.24, 2.45) is 0 Å². The Balaban J connectivity index is 2.23. The number of hydrogen-bond acceptors (Lipinski definition) is 5. The zero-order valence-corrected chi connectivity index (χ0v) is 11.2. The van der Waals surface area contributed by atoms with Gasteiger partial charge in [-0.05, 0) is 32.6 Å². The third-order valence-corrected chi connectivity index (χ3v) is 3.64. The maximum Gasteiger partial charge on any atom is 0.135 e. The average molecular weight is 250 g/mol. The van der Waals surface area contributed by atoms with Crippen LogP contribution in [0.5, 0.6) is 0 Å². The van der Waals surface area contributed by atoms with Crippen LogP contribution in [0.1, 0.15) is 38.7 Å². The zero-order chi connectivity index (χ0) is 13.0.